The van der Waals surface area contributed by atoms with Gasteiger partial charge in [-0.1, -0.05) is 24.3 Å². The number of benzene rings is 2. The van der Waals surface area contributed by atoms with Gasteiger partial charge in [-0.3, -0.25) is 0 Å². The van der Waals surface area contributed by atoms with E-state index in [4.69, 9.17) is 10.7 Å². The highest BCUT2D eigenvalue weighted by molar-refractivity contribution is 7.91. The molecule has 2 aromatic carbocycles. The molecule has 0 bridgehead atoms. The second-order valence-corrected chi connectivity index (χ2v) is 11.1. The average molecular weight is 479 g/mol. The summed E-state index contributed by atoms with van der Waals surface area (Å²) >= 11 is 0. The van der Waals surface area contributed by atoms with Crippen LogP contribution in [0.2, 0.25) is 0 Å². The van der Waals surface area contributed by atoms with E-state index in [0.717, 1.165) is 36.1 Å². The van der Waals surface area contributed by atoms with Crippen LogP contribution in [0.4, 0.5) is 10.1 Å². The van der Waals surface area contributed by atoms with Crippen molar-refractivity contribution in [1.29, 1.82) is 0 Å². The van der Waals surface area contributed by atoms with Crippen LogP contribution in [-0.4, -0.2) is 54.0 Å². The minimum atomic E-state index is -2.86. The topological polar surface area (TPSA) is 81.2 Å². The van der Waals surface area contributed by atoms with Crippen molar-refractivity contribution in [2.45, 2.75) is 12.8 Å². The molecule has 0 unspecified atom stereocenters. The highest BCUT2D eigenvalue weighted by atomic mass is 32.2. The van der Waals surface area contributed by atoms with Gasteiger partial charge < -0.3 is 15.2 Å². The van der Waals surface area contributed by atoms with E-state index in [1.165, 1.54) is 11.6 Å². The zero-order valence-corrected chi connectivity index (χ0v) is 19.6. The minimum absolute atomic E-state index is 0.117. The summed E-state index contributed by atoms with van der Waals surface area (Å²) in [6.45, 7) is 2.08. The quantitative estimate of drug-likeness (QED) is 0.423. The summed E-state index contributed by atoms with van der Waals surface area (Å²) in [5, 5.41) is 1.06. The largest absolute Gasteiger partial charge is 0.396 e. The molecule has 6 nitrogen and oxygen atoms in total. The second kappa shape index (κ2) is 9.19. The molecule has 5 rings (SSSR count). The summed E-state index contributed by atoms with van der Waals surface area (Å²) in [5.74, 6) is 0.0429. The Kier molecular flexibility index (Phi) is 6.10. The fourth-order valence-corrected chi connectivity index (χ4v) is 5.74. The normalized spacial score (nSPS) is 16.1. The molecule has 1 aliphatic heterocycles. The molecule has 1 aliphatic rings. The fourth-order valence-electron chi connectivity index (χ4n) is 4.47. The van der Waals surface area contributed by atoms with Crippen molar-refractivity contribution in [3.05, 3.63) is 78.2 Å². The number of hydrogen-bond acceptors (Lipinski definition) is 5. The number of pyridine rings is 1. The van der Waals surface area contributed by atoms with Crippen molar-refractivity contribution in [1.82, 2.24) is 14.5 Å². The van der Waals surface area contributed by atoms with Gasteiger partial charge in [-0.25, -0.2) is 17.8 Å². The monoisotopic (exact) mass is 478 g/mol. The summed E-state index contributed by atoms with van der Waals surface area (Å²) in [4.78, 5) is 7.13. The SMILES string of the molecule is Nc1ccc(-c2ccc3c(CCCN4CCS(=O)(=O)CC4)cn(-c4ccccc4)c3n2)cc1F. The Balaban J connectivity index is 1.44. The summed E-state index contributed by atoms with van der Waals surface area (Å²) < 4.78 is 39.5. The first-order chi connectivity index (χ1) is 16.4. The molecule has 3 heterocycles. The molecule has 0 atom stereocenters. The van der Waals surface area contributed by atoms with Crippen LogP contribution in [-0.2, 0) is 16.3 Å². The number of hydrogen-bond donors (Lipinski definition) is 1. The Bertz CT molecular complexity index is 1420. The van der Waals surface area contributed by atoms with Gasteiger partial charge in [-0.2, -0.15) is 0 Å². The van der Waals surface area contributed by atoms with Gasteiger partial charge in [0, 0.05) is 35.9 Å². The van der Waals surface area contributed by atoms with Crippen LogP contribution >= 0.6 is 0 Å². The van der Waals surface area contributed by atoms with Crippen molar-refractivity contribution in [3.63, 3.8) is 0 Å². The number of sulfone groups is 1. The first-order valence-corrected chi connectivity index (χ1v) is 13.3. The number of nitrogens with zero attached hydrogens (tertiary/aromatic N) is 3. The number of anilines is 1. The maximum Gasteiger partial charge on any atom is 0.152 e. The van der Waals surface area contributed by atoms with Crippen molar-refractivity contribution in [2.75, 3.05) is 36.9 Å². The summed E-state index contributed by atoms with van der Waals surface area (Å²) in [6, 6.07) is 18.8. The molecular weight excluding hydrogens is 451 g/mol. The maximum absolute atomic E-state index is 14.1. The molecular formula is C26H27FN4O2S. The van der Waals surface area contributed by atoms with Crippen LogP contribution in [0.1, 0.15) is 12.0 Å². The molecule has 4 aromatic rings. The molecule has 176 valence electrons. The fraction of sp³-hybridized carbons (Fsp3) is 0.269. The third kappa shape index (κ3) is 4.69. The van der Waals surface area contributed by atoms with E-state index in [-0.39, 0.29) is 17.2 Å². The number of rotatable bonds is 6. The lowest BCUT2D eigenvalue weighted by Gasteiger charge is -2.26. The van der Waals surface area contributed by atoms with E-state index in [1.807, 2.05) is 42.5 Å². The average Bonchev–Trinajstić information content (AvgIpc) is 3.20. The lowest BCUT2D eigenvalue weighted by Crippen LogP contribution is -2.40. The summed E-state index contributed by atoms with van der Waals surface area (Å²) in [6.07, 6.45) is 3.91. The standard InChI is InChI=1S/C26H27FN4O2S/c27-23-17-19(8-10-24(23)28)25-11-9-22-20(5-4-12-30-13-15-34(32,33)16-14-30)18-31(26(22)29-25)21-6-2-1-3-7-21/h1-3,6-11,17-18H,4-5,12-16,28H2. The number of aromatic nitrogens is 2. The molecule has 2 N–H and O–H groups in total. The lowest BCUT2D eigenvalue weighted by atomic mass is 10.1. The summed E-state index contributed by atoms with van der Waals surface area (Å²) in [5.41, 5.74) is 10.1. The molecule has 1 fully saturated rings. The molecule has 0 spiro atoms. The van der Waals surface area contributed by atoms with Gasteiger partial charge in [0.2, 0.25) is 0 Å². The molecule has 0 amide bonds. The summed E-state index contributed by atoms with van der Waals surface area (Å²) in [7, 11) is -2.86. The predicted octanol–water partition coefficient (Wildman–Crippen LogP) is 4.08. The Morgan fingerprint density at radius 2 is 1.76 bits per heavy atom. The highest BCUT2D eigenvalue weighted by Crippen LogP contribution is 2.29. The van der Waals surface area contributed by atoms with Gasteiger partial charge >= 0.3 is 0 Å². The first kappa shape index (κ1) is 22.6. The number of nitrogens with two attached hydrogens (primary N) is 1. The van der Waals surface area contributed by atoms with E-state index in [9.17, 15) is 12.8 Å². The van der Waals surface area contributed by atoms with E-state index in [1.54, 1.807) is 12.1 Å². The number of para-hydroxylation sites is 1. The van der Waals surface area contributed by atoms with E-state index < -0.39 is 15.7 Å². The number of halogens is 1. The lowest BCUT2D eigenvalue weighted by molar-refractivity contribution is 0.292. The van der Waals surface area contributed by atoms with Gasteiger partial charge in [0.25, 0.3) is 0 Å². The zero-order valence-electron chi connectivity index (χ0n) is 18.8. The highest BCUT2D eigenvalue weighted by Gasteiger charge is 2.21. The number of fused-ring (bicyclic) bond motifs is 1. The molecule has 0 radical (unpaired) electrons. The van der Waals surface area contributed by atoms with Crippen molar-refractivity contribution in [3.8, 4) is 16.9 Å². The minimum Gasteiger partial charge on any atom is -0.396 e. The predicted molar refractivity (Wildman–Crippen MR) is 134 cm³/mol. The first-order valence-electron chi connectivity index (χ1n) is 11.4. The molecule has 0 saturated carbocycles. The molecule has 1 saturated heterocycles. The Labute approximate surface area is 198 Å². The van der Waals surface area contributed by atoms with Crippen molar-refractivity contribution in [2.24, 2.45) is 0 Å². The second-order valence-electron chi connectivity index (χ2n) is 8.76. The molecule has 0 aliphatic carbocycles. The van der Waals surface area contributed by atoms with Gasteiger partial charge in [-0.15, -0.1) is 0 Å². The molecule has 8 heteroatoms. The Hall–Kier alpha value is -3.23. The van der Waals surface area contributed by atoms with Crippen LogP contribution in [0.3, 0.4) is 0 Å². The van der Waals surface area contributed by atoms with Crippen molar-refractivity contribution < 1.29 is 12.8 Å². The van der Waals surface area contributed by atoms with E-state index >= 15 is 0 Å². The van der Waals surface area contributed by atoms with Gasteiger partial charge in [0.05, 0.1) is 22.9 Å². The number of aryl methyl sites for hydroxylation is 1. The van der Waals surface area contributed by atoms with E-state index in [2.05, 4.69) is 15.7 Å². The third-order valence-electron chi connectivity index (χ3n) is 6.42. The van der Waals surface area contributed by atoms with E-state index in [0.29, 0.717) is 24.3 Å². The Morgan fingerprint density at radius 1 is 1.00 bits per heavy atom. The van der Waals surface area contributed by atoms with Gasteiger partial charge in [-0.05, 0) is 61.3 Å². The number of nitrogen functional groups attached to an aromatic ring is 1. The molecule has 2 aromatic heterocycles. The Morgan fingerprint density at radius 3 is 2.50 bits per heavy atom. The van der Waals surface area contributed by atoms with Crippen LogP contribution in [0, 0.1) is 5.82 Å². The van der Waals surface area contributed by atoms with Crippen LogP contribution < -0.4 is 5.73 Å². The zero-order chi connectivity index (χ0) is 23.7. The van der Waals surface area contributed by atoms with Gasteiger partial charge in [0.1, 0.15) is 11.5 Å². The van der Waals surface area contributed by atoms with Crippen molar-refractivity contribution >= 4 is 26.6 Å². The van der Waals surface area contributed by atoms with Crippen LogP contribution in [0.5, 0.6) is 0 Å². The molecule has 34 heavy (non-hydrogen) atoms. The van der Waals surface area contributed by atoms with Crippen LogP contribution in [0.25, 0.3) is 28.0 Å². The maximum atomic E-state index is 14.1. The smallest absolute Gasteiger partial charge is 0.152 e. The third-order valence-corrected chi connectivity index (χ3v) is 8.03. The van der Waals surface area contributed by atoms with Gasteiger partial charge in [0.15, 0.2) is 9.84 Å². The van der Waals surface area contributed by atoms with Crippen LogP contribution in [0.15, 0.2) is 66.9 Å².